The molecule has 3 heteroatoms. The Morgan fingerprint density at radius 1 is 1.05 bits per heavy atom. The predicted octanol–water partition coefficient (Wildman–Crippen LogP) is 5.09. The van der Waals surface area contributed by atoms with Crippen molar-refractivity contribution in [1.82, 2.24) is 0 Å². The van der Waals surface area contributed by atoms with Gasteiger partial charge < -0.3 is 10.1 Å². The van der Waals surface area contributed by atoms with Crippen molar-refractivity contribution in [2.75, 3.05) is 5.32 Å². The smallest absolute Gasteiger partial charge is 0.142 e. The molecule has 2 rings (SSSR count). The van der Waals surface area contributed by atoms with E-state index in [0.717, 1.165) is 17.0 Å². The van der Waals surface area contributed by atoms with Gasteiger partial charge in [0.2, 0.25) is 0 Å². The summed E-state index contributed by atoms with van der Waals surface area (Å²) in [6, 6.07) is 13.1. The fourth-order valence-electron chi connectivity index (χ4n) is 2.14. The Morgan fingerprint density at radius 3 is 2.43 bits per heavy atom. The number of anilines is 1. The van der Waals surface area contributed by atoms with E-state index >= 15 is 0 Å². The maximum atomic E-state index is 13.7. The zero-order chi connectivity index (χ0) is 15.4. The number of benzene rings is 2. The summed E-state index contributed by atoms with van der Waals surface area (Å²) in [5.74, 6) is 0.639. The molecule has 0 aliphatic carbocycles. The van der Waals surface area contributed by atoms with Crippen LogP contribution in [0.25, 0.3) is 0 Å². The number of aryl methyl sites for hydroxylation is 1. The van der Waals surface area contributed by atoms with Crippen molar-refractivity contribution in [3.63, 3.8) is 0 Å². The highest BCUT2D eigenvalue weighted by molar-refractivity contribution is 5.57. The molecule has 0 spiro atoms. The summed E-state index contributed by atoms with van der Waals surface area (Å²) in [5, 5.41) is 3.39. The molecule has 0 aromatic heterocycles. The molecular weight excluding hydrogens is 265 g/mol. The number of rotatable bonds is 5. The lowest BCUT2D eigenvalue weighted by atomic mass is 10.1. The number of ether oxygens (including phenoxy) is 1. The van der Waals surface area contributed by atoms with E-state index in [-0.39, 0.29) is 18.0 Å². The minimum absolute atomic E-state index is 0.00277. The van der Waals surface area contributed by atoms with Gasteiger partial charge in [0.05, 0.1) is 11.8 Å². The quantitative estimate of drug-likeness (QED) is 0.826. The largest absolute Gasteiger partial charge is 0.489 e. The van der Waals surface area contributed by atoms with Crippen LogP contribution in [0.5, 0.6) is 5.75 Å². The van der Waals surface area contributed by atoms with E-state index in [9.17, 15) is 4.39 Å². The molecule has 1 atom stereocenters. The van der Waals surface area contributed by atoms with Gasteiger partial charge in [-0.1, -0.05) is 24.3 Å². The number of hydrogen-bond donors (Lipinski definition) is 1. The molecule has 0 saturated heterocycles. The molecular formula is C18H22FNO. The van der Waals surface area contributed by atoms with Gasteiger partial charge in [-0.3, -0.25) is 0 Å². The highest BCUT2D eigenvalue weighted by Crippen LogP contribution is 2.29. The van der Waals surface area contributed by atoms with Crippen LogP contribution < -0.4 is 10.1 Å². The van der Waals surface area contributed by atoms with Gasteiger partial charge >= 0.3 is 0 Å². The second kappa shape index (κ2) is 6.61. The Kier molecular flexibility index (Phi) is 4.84. The minimum Gasteiger partial charge on any atom is -0.489 e. The highest BCUT2D eigenvalue weighted by atomic mass is 19.1. The summed E-state index contributed by atoms with van der Waals surface area (Å²) in [5.41, 5.74) is 2.49. The standard InChI is InChI=1S/C18H22FNO/c1-12(2)21-18-8-6-5-7-17(18)20-14(4)15-10-9-13(3)16(19)11-15/h5-12,14,20H,1-4H3. The van der Waals surface area contributed by atoms with Gasteiger partial charge in [0.1, 0.15) is 11.6 Å². The summed E-state index contributed by atoms with van der Waals surface area (Å²) < 4.78 is 19.5. The van der Waals surface area contributed by atoms with E-state index in [1.54, 1.807) is 19.1 Å². The summed E-state index contributed by atoms with van der Waals surface area (Å²) in [7, 11) is 0. The first-order chi connectivity index (χ1) is 9.97. The number of para-hydroxylation sites is 2. The molecule has 1 unspecified atom stereocenters. The van der Waals surface area contributed by atoms with Gasteiger partial charge in [-0.15, -0.1) is 0 Å². The van der Waals surface area contributed by atoms with E-state index in [2.05, 4.69) is 5.32 Å². The Hall–Kier alpha value is -2.03. The van der Waals surface area contributed by atoms with Crippen LogP contribution in [0.2, 0.25) is 0 Å². The summed E-state index contributed by atoms with van der Waals surface area (Å²) >= 11 is 0. The molecule has 0 radical (unpaired) electrons. The summed E-state index contributed by atoms with van der Waals surface area (Å²) in [6.45, 7) is 7.77. The molecule has 112 valence electrons. The Balaban J connectivity index is 2.19. The van der Waals surface area contributed by atoms with Crippen molar-refractivity contribution >= 4 is 5.69 Å². The first kappa shape index (κ1) is 15.4. The Morgan fingerprint density at radius 2 is 1.76 bits per heavy atom. The summed E-state index contributed by atoms with van der Waals surface area (Å²) in [6.07, 6.45) is 0.111. The maximum Gasteiger partial charge on any atom is 0.142 e. The molecule has 2 aromatic rings. The van der Waals surface area contributed by atoms with E-state index in [4.69, 9.17) is 4.74 Å². The Labute approximate surface area is 126 Å². The average Bonchev–Trinajstić information content (AvgIpc) is 2.43. The lowest BCUT2D eigenvalue weighted by Gasteiger charge is -2.20. The third-order valence-corrected chi connectivity index (χ3v) is 3.32. The predicted molar refractivity (Wildman–Crippen MR) is 85.4 cm³/mol. The van der Waals surface area contributed by atoms with Gasteiger partial charge in [-0.2, -0.15) is 0 Å². The molecule has 0 bridgehead atoms. The highest BCUT2D eigenvalue weighted by Gasteiger charge is 2.11. The van der Waals surface area contributed by atoms with Gasteiger partial charge in [-0.05, 0) is 57.0 Å². The lowest BCUT2D eigenvalue weighted by Crippen LogP contribution is -2.11. The van der Waals surface area contributed by atoms with E-state index < -0.39 is 0 Å². The molecule has 0 heterocycles. The molecule has 1 N–H and O–H groups in total. The normalized spacial score (nSPS) is 12.3. The van der Waals surface area contributed by atoms with Crippen LogP contribution in [0.3, 0.4) is 0 Å². The van der Waals surface area contributed by atoms with E-state index in [1.165, 1.54) is 0 Å². The van der Waals surface area contributed by atoms with Crippen LogP contribution in [-0.2, 0) is 0 Å². The van der Waals surface area contributed by atoms with Gasteiger partial charge in [0.25, 0.3) is 0 Å². The third-order valence-electron chi connectivity index (χ3n) is 3.32. The number of halogens is 1. The third kappa shape index (κ3) is 3.97. The van der Waals surface area contributed by atoms with Gasteiger partial charge in [0.15, 0.2) is 0 Å². The Bertz CT molecular complexity index is 610. The van der Waals surface area contributed by atoms with Gasteiger partial charge in [0, 0.05) is 6.04 Å². The molecule has 2 nitrogen and oxygen atoms in total. The van der Waals surface area contributed by atoms with Gasteiger partial charge in [-0.25, -0.2) is 4.39 Å². The molecule has 21 heavy (non-hydrogen) atoms. The second-order valence-corrected chi connectivity index (χ2v) is 5.54. The SMILES string of the molecule is Cc1ccc(C(C)Nc2ccccc2OC(C)C)cc1F. The topological polar surface area (TPSA) is 21.3 Å². The van der Waals surface area contributed by atoms with Crippen LogP contribution in [0.1, 0.15) is 37.9 Å². The zero-order valence-corrected chi connectivity index (χ0v) is 13.0. The number of nitrogens with one attached hydrogen (secondary N) is 1. The molecule has 0 aliphatic heterocycles. The maximum absolute atomic E-state index is 13.7. The molecule has 0 saturated carbocycles. The second-order valence-electron chi connectivity index (χ2n) is 5.54. The monoisotopic (exact) mass is 287 g/mol. The van der Waals surface area contributed by atoms with Crippen molar-refractivity contribution in [2.45, 2.75) is 39.8 Å². The molecule has 0 amide bonds. The van der Waals surface area contributed by atoms with Crippen molar-refractivity contribution in [1.29, 1.82) is 0 Å². The van der Waals surface area contributed by atoms with Crippen LogP contribution in [0.15, 0.2) is 42.5 Å². The van der Waals surface area contributed by atoms with E-state index in [0.29, 0.717) is 5.56 Å². The van der Waals surface area contributed by atoms with Crippen molar-refractivity contribution < 1.29 is 9.13 Å². The number of hydrogen-bond acceptors (Lipinski definition) is 2. The average molecular weight is 287 g/mol. The fraction of sp³-hybridized carbons (Fsp3) is 0.333. The molecule has 2 aromatic carbocycles. The summed E-state index contributed by atoms with van der Waals surface area (Å²) in [4.78, 5) is 0. The minimum atomic E-state index is -0.173. The first-order valence-corrected chi connectivity index (χ1v) is 7.25. The molecule has 0 aliphatic rings. The molecule has 0 fully saturated rings. The lowest BCUT2D eigenvalue weighted by molar-refractivity contribution is 0.243. The van der Waals surface area contributed by atoms with E-state index in [1.807, 2.05) is 51.1 Å². The van der Waals surface area contributed by atoms with Crippen LogP contribution >= 0.6 is 0 Å². The first-order valence-electron chi connectivity index (χ1n) is 7.25. The van der Waals surface area contributed by atoms with Crippen LogP contribution in [0.4, 0.5) is 10.1 Å². The van der Waals surface area contributed by atoms with Crippen molar-refractivity contribution in [2.24, 2.45) is 0 Å². The van der Waals surface area contributed by atoms with Crippen LogP contribution in [-0.4, -0.2) is 6.10 Å². The van der Waals surface area contributed by atoms with Crippen molar-refractivity contribution in [3.05, 3.63) is 59.4 Å². The fourth-order valence-corrected chi connectivity index (χ4v) is 2.14. The van der Waals surface area contributed by atoms with Crippen LogP contribution in [0, 0.1) is 12.7 Å². The van der Waals surface area contributed by atoms with Crippen molar-refractivity contribution in [3.8, 4) is 5.75 Å². The zero-order valence-electron chi connectivity index (χ0n) is 13.0.